The summed E-state index contributed by atoms with van der Waals surface area (Å²) in [5, 5.41) is 2.59. The van der Waals surface area contributed by atoms with Gasteiger partial charge >= 0.3 is 0 Å². The maximum atomic E-state index is 12.3. The van der Waals surface area contributed by atoms with Gasteiger partial charge in [-0.2, -0.15) is 0 Å². The molecule has 0 aliphatic carbocycles. The highest BCUT2D eigenvalue weighted by atomic mass is 32.2. The van der Waals surface area contributed by atoms with Crippen molar-refractivity contribution in [1.82, 2.24) is 0 Å². The number of carbonyl (C=O) groups excluding carboxylic acids is 1. The van der Waals surface area contributed by atoms with E-state index in [1.165, 1.54) is 19.2 Å². The van der Waals surface area contributed by atoms with Gasteiger partial charge in [-0.1, -0.05) is 18.2 Å². The number of ether oxygens (including phenoxy) is 1. The fraction of sp³-hybridized carbons (Fsp3) is 0.188. The standard InChI is InChI=1S/C16H17NO4S/c1-12-5-3-6-13(9-12)17-16(18)11-22(19,20)15-8-4-7-14(10-15)21-2/h3-10H,11H2,1-2H3,(H,17,18). The lowest BCUT2D eigenvalue weighted by Gasteiger charge is -2.08. The van der Waals surface area contributed by atoms with Crippen LogP contribution in [0.1, 0.15) is 5.56 Å². The number of methoxy groups -OCH3 is 1. The van der Waals surface area contributed by atoms with E-state index in [4.69, 9.17) is 4.74 Å². The molecule has 0 bridgehead atoms. The van der Waals surface area contributed by atoms with E-state index < -0.39 is 21.5 Å². The zero-order valence-electron chi connectivity index (χ0n) is 12.4. The Kier molecular flexibility index (Phi) is 4.82. The molecule has 116 valence electrons. The monoisotopic (exact) mass is 319 g/mol. The van der Waals surface area contributed by atoms with Crippen molar-refractivity contribution in [2.75, 3.05) is 18.2 Å². The van der Waals surface area contributed by atoms with E-state index >= 15 is 0 Å². The average molecular weight is 319 g/mol. The summed E-state index contributed by atoms with van der Waals surface area (Å²) in [6.07, 6.45) is 0. The van der Waals surface area contributed by atoms with Crippen LogP contribution in [0.25, 0.3) is 0 Å². The molecule has 22 heavy (non-hydrogen) atoms. The number of aryl methyl sites for hydroxylation is 1. The van der Waals surface area contributed by atoms with Gasteiger partial charge in [0.25, 0.3) is 0 Å². The molecule has 5 nitrogen and oxygen atoms in total. The maximum absolute atomic E-state index is 12.3. The molecule has 2 aromatic carbocycles. The molecule has 0 spiro atoms. The first-order valence-electron chi connectivity index (χ1n) is 6.64. The zero-order valence-corrected chi connectivity index (χ0v) is 13.2. The van der Waals surface area contributed by atoms with Gasteiger partial charge in [-0.3, -0.25) is 4.79 Å². The van der Waals surface area contributed by atoms with Crippen molar-refractivity contribution in [1.29, 1.82) is 0 Å². The van der Waals surface area contributed by atoms with Crippen molar-refractivity contribution in [3.05, 3.63) is 54.1 Å². The number of hydrogen-bond acceptors (Lipinski definition) is 4. The van der Waals surface area contributed by atoms with E-state index in [1.807, 2.05) is 13.0 Å². The molecule has 0 aliphatic heterocycles. The second kappa shape index (κ2) is 6.62. The molecule has 0 heterocycles. The molecule has 0 atom stereocenters. The van der Waals surface area contributed by atoms with Crippen LogP contribution in [-0.2, 0) is 14.6 Å². The SMILES string of the molecule is COc1cccc(S(=O)(=O)CC(=O)Nc2cccc(C)c2)c1. The van der Waals surface area contributed by atoms with Gasteiger partial charge < -0.3 is 10.1 Å². The Morgan fingerprint density at radius 3 is 2.55 bits per heavy atom. The number of hydrogen-bond donors (Lipinski definition) is 1. The molecule has 1 N–H and O–H groups in total. The third-order valence-corrected chi connectivity index (χ3v) is 4.64. The van der Waals surface area contributed by atoms with E-state index in [1.54, 1.807) is 30.3 Å². The maximum Gasteiger partial charge on any atom is 0.239 e. The Hall–Kier alpha value is -2.34. The number of sulfone groups is 1. The quantitative estimate of drug-likeness (QED) is 0.918. The van der Waals surface area contributed by atoms with Crippen LogP contribution in [0, 0.1) is 6.92 Å². The first-order chi connectivity index (χ1) is 10.4. The average Bonchev–Trinajstić information content (AvgIpc) is 2.46. The normalized spacial score (nSPS) is 11.0. The molecular weight excluding hydrogens is 302 g/mol. The number of amides is 1. The van der Waals surface area contributed by atoms with Gasteiger partial charge in [-0.05, 0) is 42.8 Å². The third kappa shape index (κ3) is 4.08. The van der Waals surface area contributed by atoms with Crippen molar-refractivity contribution >= 4 is 21.4 Å². The lowest BCUT2D eigenvalue weighted by molar-refractivity contribution is -0.113. The fourth-order valence-corrected chi connectivity index (χ4v) is 3.14. The van der Waals surface area contributed by atoms with E-state index in [0.717, 1.165) is 5.56 Å². The predicted molar refractivity (Wildman–Crippen MR) is 84.9 cm³/mol. The molecule has 0 aromatic heterocycles. The Bertz CT molecular complexity index is 784. The smallest absolute Gasteiger partial charge is 0.239 e. The summed E-state index contributed by atoms with van der Waals surface area (Å²) in [4.78, 5) is 12.0. The van der Waals surface area contributed by atoms with Gasteiger partial charge in [-0.15, -0.1) is 0 Å². The summed E-state index contributed by atoms with van der Waals surface area (Å²) < 4.78 is 29.5. The molecule has 0 saturated carbocycles. The molecule has 0 fully saturated rings. The van der Waals surface area contributed by atoms with Crippen molar-refractivity contribution in [2.24, 2.45) is 0 Å². The van der Waals surface area contributed by atoms with Crippen molar-refractivity contribution in [3.8, 4) is 5.75 Å². The molecule has 2 aromatic rings. The van der Waals surface area contributed by atoms with Gasteiger partial charge in [0.2, 0.25) is 5.91 Å². The predicted octanol–water partition coefficient (Wildman–Crippen LogP) is 2.42. The number of rotatable bonds is 5. The fourth-order valence-electron chi connectivity index (χ4n) is 1.97. The number of benzene rings is 2. The van der Waals surface area contributed by atoms with Crippen LogP contribution in [0.2, 0.25) is 0 Å². The first kappa shape index (κ1) is 16.0. The molecule has 0 aliphatic rings. The first-order valence-corrected chi connectivity index (χ1v) is 8.29. The molecule has 2 rings (SSSR count). The largest absolute Gasteiger partial charge is 0.497 e. The van der Waals surface area contributed by atoms with Crippen LogP contribution in [0.4, 0.5) is 5.69 Å². The Balaban J connectivity index is 2.12. The van der Waals surface area contributed by atoms with Crippen LogP contribution >= 0.6 is 0 Å². The van der Waals surface area contributed by atoms with Crippen LogP contribution in [-0.4, -0.2) is 27.2 Å². The van der Waals surface area contributed by atoms with E-state index in [-0.39, 0.29) is 4.90 Å². The minimum atomic E-state index is -3.71. The second-order valence-corrected chi connectivity index (χ2v) is 6.85. The Morgan fingerprint density at radius 2 is 1.86 bits per heavy atom. The highest BCUT2D eigenvalue weighted by molar-refractivity contribution is 7.92. The molecular formula is C16H17NO4S. The number of anilines is 1. The third-order valence-electron chi connectivity index (χ3n) is 3.02. The van der Waals surface area contributed by atoms with Gasteiger partial charge in [-0.25, -0.2) is 8.42 Å². The summed E-state index contributed by atoms with van der Waals surface area (Å²) in [5.41, 5.74) is 1.55. The second-order valence-electron chi connectivity index (χ2n) is 4.86. The van der Waals surface area contributed by atoms with E-state index in [9.17, 15) is 13.2 Å². The minimum absolute atomic E-state index is 0.0613. The molecule has 0 saturated heterocycles. The summed E-state index contributed by atoms with van der Waals surface area (Å²) in [7, 11) is -2.26. The Morgan fingerprint density at radius 1 is 1.14 bits per heavy atom. The summed E-state index contributed by atoms with van der Waals surface area (Å²) >= 11 is 0. The highest BCUT2D eigenvalue weighted by Crippen LogP contribution is 2.18. The van der Waals surface area contributed by atoms with Crippen LogP contribution in [0.15, 0.2) is 53.4 Å². The molecule has 0 radical (unpaired) electrons. The van der Waals surface area contributed by atoms with Crippen molar-refractivity contribution in [2.45, 2.75) is 11.8 Å². The Labute approximate surface area is 129 Å². The van der Waals surface area contributed by atoms with E-state index in [2.05, 4.69) is 5.32 Å². The number of carbonyl (C=O) groups is 1. The topological polar surface area (TPSA) is 72.5 Å². The van der Waals surface area contributed by atoms with Gasteiger partial charge in [0.05, 0.1) is 12.0 Å². The van der Waals surface area contributed by atoms with E-state index in [0.29, 0.717) is 11.4 Å². The lowest BCUT2D eigenvalue weighted by atomic mass is 10.2. The van der Waals surface area contributed by atoms with Crippen LogP contribution in [0.3, 0.4) is 0 Å². The lowest BCUT2D eigenvalue weighted by Crippen LogP contribution is -2.23. The molecule has 1 amide bonds. The van der Waals surface area contributed by atoms with Gasteiger partial charge in [0, 0.05) is 5.69 Å². The summed E-state index contributed by atoms with van der Waals surface area (Å²) in [6.45, 7) is 1.89. The summed E-state index contributed by atoms with van der Waals surface area (Å²) in [6, 6.07) is 13.2. The van der Waals surface area contributed by atoms with Gasteiger partial charge in [0.1, 0.15) is 11.5 Å². The minimum Gasteiger partial charge on any atom is -0.497 e. The number of nitrogens with one attached hydrogen (secondary N) is 1. The highest BCUT2D eigenvalue weighted by Gasteiger charge is 2.20. The molecule has 6 heteroatoms. The van der Waals surface area contributed by atoms with Crippen molar-refractivity contribution < 1.29 is 17.9 Å². The molecule has 0 unspecified atom stereocenters. The van der Waals surface area contributed by atoms with Crippen molar-refractivity contribution in [3.63, 3.8) is 0 Å². The van der Waals surface area contributed by atoms with Crippen LogP contribution in [0.5, 0.6) is 5.75 Å². The zero-order chi connectivity index (χ0) is 16.2. The van der Waals surface area contributed by atoms with Crippen LogP contribution < -0.4 is 10.1 Å². The van der Waals surface area contributed by atoms with Gasteiger partial charge in [0.15, 0.2) is 9.84 Å². The summed E-state index contributed by atoms with van der Waals surface area (Å²) in [5.74, 6) is -0.762.